The number of nitrogens with zero attached hydrogens (tertiary/aromatic N) is 2. The molecule has 0 atom stereocenters. The Bertz CT molecular complexity index is 763. The molecule has 0 unspecified atom stereocenters. The lowest BCUT2D eigenvalue weighted by Gasteiger charge is -2.24. The number of carbonyl (C=O) groups excluding carboxylic acids is 1. The zero-order valence-corrected chi connectivity index (χ0v) is 13.0. The SMILES string of the molecule is O=C(/C=C/c1cccnc1)NN(c1ccccc1)c1ccccc1. The molecule has 4 nitrogen and oxygen atoms in total. The summed E-state index contributed by atoms with van der Waals surface area (Å²) in [6, 6.07) is 23.1. The van der Waals surface area contributed by atoms with Crippen LogP contribution in [0.2, 0.25) is 0 Å². The Morgan fingerprint density at radius 3 is 2.04 bits per heavy atom. The van der Waals surface area contributed by atoms with Crippen LogP contribution in [0.3, 0.4) is 0 Å². The largest absolute Gasteiger partial charge is 0.268 e. The highest BCUT2D eigenvalue weighted by molar-refractivity contribution is 5.93. The number of rotatable bonds is 5. The van der Waals surface area contributed by atoms with Gasteiger partial charge in [-0.25, -0.2) is 0 Å². The van der Waals surface area contributed by atoms with Crippen molar-refractivity contribution in [3.05, 3.63) is 96.8 Å². The molecule has 0 saturated carbocycles. The molecule has 1 aromatic heterocycles. The van der Waals surface area contributed by atoms with Crippen LogP contribution in [0.1, 0.15) is 5.56 Å². The van der Waals surface area contributed by atoms with Crippen molar-refractivity contribution in [2.24, 2.45) is 0 Å². The van der Waals surface area contributed by atoms with Crippen molar-refractivity contribution in [1.29, 1.82) is 0 Å². The highest BCUT2D eigenvalue weighted by atomic mass is 16.2. The molecular formula is C20H17N3O. The monoisotopic (exact) mass is 315 g/mol. The van der Waals surface area contributed by atoms with Gasteiger partial charge in [0.15, 0.2) is 0 Å². The van der Waals surface area contributed by atoms with Gasteiger partial charge in [0.25, 0.3) is 5.91 Å². The Morgan fingerprint density at radius 2 is 1.50 bits per heavy atom. The minimum atomic E-state index is -0.216. The van der Waals surface area contributed by atoms with Crippen molar-refractivity contribution in [2.75, 3.05) is 5.01 Å². The molecule has 0 saturated heterocycles. The average molecular weight is 315 g/mol. The second-order valence-corrected chi connectivity index (χ2v) is 5.10. The molecule has 0 bridgehead atoms. The van der Waals surface area contributed by atoms with E-state index in [0.717, 1.165) is 16.9 Å². The van der Waals surface area contributed by atoms with Crippen molar-refractivity contribution < 1.29 is 4.79 Å². The predicted octanol–water partition coefficient (Wildman–Crippen LogP) is 3.96. The van der Waals surface area contributed by atoms with Crippen molar-refractivity contribution in [1.82, 2.24) is 10.4 Å². The summed E-state index contributed by atoms with van der Waals surface area (Å²) in [5, 5.41) is 1.76. The molecule has 0 aliphatic carbocycles. The lowest BCUT2D eigenvalue weighted by molar-refractivity contribution is -0.116. The molecule has 0 aliphatic rings. The Labute approximate surface area is 141 Å². The smallest absolute Gasteiger partial charge is 0.262 e. The number of nitrogens with one attached hydrogen (secondary N) is 1. The minimum Gasteiger partial charge on any atom is -0.268 e. The van der Waals surface area contributed by atoms with Crippen molar-refractivity contribution in [2.45, 2.75) is 0 Å². The van der Waals surface area contributed by atoms with Gasteiger partial charge in [-0.1, -0.05) is 42.5 Å². The summed E-state index contributed by atoms with van der Waals surface area (Å²) < 4.78 is 0. The van der Waals surface area contributed by atoms with Crippen LogP contribution < -0.4 is 10.4 Å². The maximum absolute atomic E-state index is 12.3. The van der Waals surface area contributed by atoms with E-state index in [9.17, 15) is 4.79 Å². The molecule has 0 spiro atoms. The van der Waals surface area contributed by atoms with E-state index in [0.29, 0.717) is 0 Å². The molecule has 0 aliphatic heterocycles. The van der Waals surface area contributed by atoms with Crippen molar-refractivity contribution in [3.63, 3.8) is 0 Å². The predicted molar refractivity (Wildman–Crippen MR) is 96.4 cm³/mol. The third kappa shape index (κ3) is 4.08. The maximum atomic E-state index is 12.3. The summed E-state index contributed by atoms with van der Waals surface area (Å²) in [6.45, 7) is 0. The minimum absolute atomic E-state index is 0.216. The van der Waals surface area contributed by atoms with Crippen LogP contribution in [0.25, 0.3) is 6.08 Å². The second kappa shape index (κ2) is 7.74. The van der Waals surface area contributed by atoms with Gasteiger partial charge in [0.2, 0.25) is 0 Å². The molecule has 0 fully saturated rings. The zero-order chi connectivity index (χ0) is 16.6. The molecule has 1 amide bonds. The van der Waals surface area contributed by atoms with Gasteiger partial charge >= 0.3 is 0 Å². The van der Waals surface area contributed by atoms with Crippen molar-refractivity contribution in [3.8, 4) is 0 Å². The number of carbonyl (C=O) groups is 1. The normalized spacial score (nSPS) is 10.5. The van der Waals surface area contributed by atoms with E-state index in [1.165, 1.54) is 6.08 Å². The molecule has 3 rings (SSSR count). The average Bonchev–Trinajstić information content (AvgIpc) is 2.67. The highest BCUT2D eigenvalue weighted by Gasteiger charge is 2.10. The van der Waals surface area contributed by atoms with E-state index in [4.69, 9.17) is 0 Å². The van der Waals surface area contributed by atoms with Gasteiger partial charge in [-0.05, 0) is 42.0 Å². The number of aromatic nitrogens is 1. The Kier molecular flexibility index (Phi) is 5.00. The molecule has 1 heterocycles. The number of anilines is 2. The van der Waals surface area contributed by atoms with Gasteiger partial charge in [0.05, 0.1) is 11.4 Å². The maximum Gasteiger partial charge on any atom is 0.262 e. The van der Waals surface area contributed by atoms with E-state index >= 15 is 0 Å². The van der Waals surface area contributed by atoms with E-state index in [1.807, 2.05) is 72.8 Å². The van der Waals surface area contributed by atoms with Crippen LogP contribution in [-0.2, 0) is 4.79 Å². The molecule has 1 N–H and O–H groups in total. The van der Waals surface area contributed by atoms with E-state index in [1.54, 1.807) is 23.5 Å². The lowest BCUT2D eigenvalue weighted by Crippen LogP contribution is -2.37. The topological polar surface area (TPSA) is 45.2 Å². The van der Waals surface area contributed by atoms with Crippen LogP contribution in [0, 0.1) is 0 Å². The van der Waals surface area contributed by atoms with Gasteiger partial charge in [0.1, 0.15) is 0 Å². The van der Waals surface area contributed by atoms with Crippen LogP contribution in [0.5, 0.6) is 0 Å². The Morgan fingerprint density at radius 1 is 0.875 bits per heavy atom. The first kappa shape index (κ1) is 15.5. The zero-order valence-electron chi connectivity index (χ0n) is 13.0. The first-order valence-corrected chi connectivity index (χ1v) is 7.62. The summed E-state index contributed by atoms with van der Waals surface area (Å²) in [5.74, 6) is -0.216. The van der Waals surface area contributed by atoms with Crippen LogP contribution in [-0.4, -0.2) is 10.9 Å². The molecule has 118 valence electrons. The number of hydrazine groups is 1. The Balaban J connectivity index is 1.80. The van der Waals surface area contributed by atoms with Gasteiger partial charge < -0.3 is 0 Å². The number of hydrogen-bond acceptors (Lipinski definition) is 3. The second-order valence-electron chi connectivity index (χ2n) is 5.10. The summed E-state index contributed by atoms with van der Waals surface area (Å²) in [4.78, 5) is 16.3. The summed E-state index contributed by atoms with van der Waals surface area (Å²) in [7, 11) is 0. The molecule has 4 heteroatoms. The molecule has 3 aromatic rings. The van der Waals surface area contributed by atoms with Crippen LogP contribution in [0.15, 0.2) is 91.3 Å². The molecule has 2 aromatic carbocycles. The Hall–Kier alpha value is -3.40. The number of pyridine rings is 1. The van der Waals surface area contributed by atoms with E-state index in [2.05, 4.69) is 10.4 Å². The number of hydrogen-bond donors (Lipinski definition) is 1. The summed E-state index contributed by atoms with van der Waals surface area (Å²) >= 11 is 0. The quantitative estimate of drug-likeness (QED) is 0.572. The first-order chi connectivity index (χ1) is 11.8. The molecular weight excluding hydrogens is 298 g/mol. The van der Waals surface area contributed by atoms with Gasteiger partial charge in [-0.3, -0.25) is 20.2 Å². The lowest BCUT2D eigenvalue weighted by atomic mass is 10.2. The number of para-hydroxylation sites is 2. The first-order valence-electron chi connectivity index (χ1n) is 7.62. The fourth-order valence-electron chi connectivity index (χ4n) is 2.23. The molecule has 0 radical (unpaired) electrons. The number of benzene rings is 2. The highest BCUT2D eigenvalue weighted by Crippen LogP contribution is 2.22. The standard InChI is InChI=1S/C20H17N3O/c24-20(14-13-17-8-7-15-21-16-17)22-23(18-9-3-1-4-10-18)19-11-5-2-6-12-19/h1-16H,(H,22,24)/b14-13+. The summed E-state index contributed by atoms with van der Waals surface area (Å²) in [5.41, 5.74) is 5.54. The van der Waals surface area contributed by atoms with E-state index < -0.39 is 0 Å². The van der Waals surface area contributed by atoms with Gasteiger partial charge in [-0.2, -0.15) is 0 Å². The third-order valence-corrected chi connectivity index (χ3v) is 3.36. The third-order valence-electron chi connectivity index (χ3n) is 3.36. The van der Waals surface area contributed by atoms with E-state index in [-0.39, 0.29) is 5.91 Å². The van der Waals surface area contributed by atoms with Crippen LogP contribution >= 0.6 is 0 Å². The molecule has 24 heavy (non-hydrogen) atoms. The van der Waals surface area contributed by atoms with Crippen LogP contribution in [0.4, 0.5) is 11.4 Å². The fourth-order valence-corrected chi connectivity index (χ4v) is 2.23. The fraction of sp³-hybridized carbons (Fsp3) is 0. The van der Waals surface area contributed by atoms with Gasteiger partial charge in [0, 0.05) is 18.5 Å². The van der Waals surface area contributed by atoms with Crippen molar-refractivity contribution >= 4 is 23.4 Å². The van der Waals surface area contributed by atoms with Gasteiger partial charge in [-0.15, -0.1) is 0 Å². The number of amides is 1. The summed E-state index contributed by atoms with van der Waals surface area (Å²) in [6.07, 6.45) is 6.63.